The lowest BCUT2D eigenvalue weighted by molar-refractivity contribution is 0.0696. The highest BCUT2D eigenvalue weighted by Gasteiger charge is 2.13. The van der Waals surface area contributed by atoms with Gasteiger partial charge < -0.3 is 5.11 Å². The quantitative estimate of drug-likeness (QED) is 0.881. The maximum absolute atomic E-state index is 12.1. The second-order valence-electron chi connectivity index (χ2n) is 4.62. The molecule has 0 bridgehead atoms. The van der Waals surface area contributed by atoms with E-state index in [9.17, 15) is 13.2 Å². The van der Waals surface area contributed by atoms with Crippen molar-refractivity contribution >= 4 is 21.7 Å². The first-order valence-corrected chi connectivity index (χ1v) is 7.75. The minimum Gasteiger partial charge on any atom is -0.478 e. The summed E-state index contributed by atoms with van der Waals surface area (Å²) in [7, 11) is -3.63. The molecule has 0 unspecified atom stereocenters. The maximum Gasteiger partial charge on any atom is 0.335 e. The molecule has 110 valence electrons. The number of carboxylic acid groups (broad SMARTS) is 1. The summed E-state index contributed by atoms with van der Waals surface area (Å²) < 4.78 is 26.6. The molecule has 2 aromatic rings. The van der Waals surface area contributed by atoms with Crippen LogP contribution in [0.4, 0.5) is 5.69 Å². The van der Waals surface area contributed by atoms with Gasteiger partial charge in [-0.05, 0) is 36.2 Å². The highest BCUT2D eigenvalue weighted by Crippen LogP contribution is 2.14. The van der Waals surface area contributed by atoms with Crippen LogP contribution in [0.3, 0.4) is 0 Å². The normalized spacial score (nSPS) is 11.1. The van der Waals surface area contributed by atoms with E-state index < -0.39 is 16.0 Å². The van der Waals surface area contributed by atoms with Crippen LogP contribution in [-0.4, -0.2) is 24.5 Å². The Morgan fingerprint density at radius 1 is 1.29 bits per heavy atom. The van der Waals surface area contributed by atoms with Crippen molar-refractivity contribution in [3.05, 3.63) is 59.4 Å². The molecule has 6 nitrogen and oxygen atoms in total. The highest BCUT2D eigenvalue weighted by molar-refractivity contribution is 7.91. The van der Waals surface area contributed by atoms with Crippen LogP contribution >= 0.6 is 0 Å². The molecule has 1 aromatic carbocycles. The van der Waals surface area contributed by atoms with Crippen LogP contribution in [0.25, 0.3) is 0 Å². The first-order valence-electron chi connectivity index (χ1n) is 6.10. The summed E-state index contributed by atoms with van der Waals surface area (Å²) in [4.78, 5) is 14.8. The van der Waals surface area contributed by atoms with Gasteiger partial charge in [-0.25, -0.2) is 13.2 Å². The molecule has 0 amide bonds. The Bertz CT molecular complexity index is 772. The van der Waals surface area contributed by atoms with E-state index in [1.54, 1.807) is 25.3 Å². The summed E-state index contributed by atoms with van der Waals surface area (Å²) in [5.74, 6) is -1.40. The summed E-state index contributed by atoms with van der Waals surface area (Å²) in [5, 5.41) is 8.90. The number of hydrogen-bond acceptors (Lipinski definition) is 4. The summed E-state index contributed by atoms with van der Waals surface area (Å²) >= 11 is 0. The SMILES string of the molecule is Cc1cncc(NS(=O)(=O)Cc2cccc(C(=O)O)c2)c1. The number of anilines is 1. The predicted octanol–water partition coefficient (Wildman–Crippen LogP) is 2.03. The summed E-state index contributed by atoms with van der Waals surface area (Å²) in [6.07, 6.45) is 3.03. The number of aromatic nitrogens is 1. The van der Waals surface area contributed by atoms with E-state index >= 15 is 0 Å². The number of aryl methyl sites for hydroxylation is 1. The molecule has 0 aliphatic carbocycles. The number of aromatic carboxylic acids is 1. The number of nitrogens with zero attached hydrogens (tertiary/aromatic N) is 1. The Morgan fingerprint density at radius 3 is 2.71 bits per heavy atom. The van der Waals surface area contributed by atoms with Crippen LogP contribution in [0.2, 0.25) is 0 Å². The van der Waals surface area contributed by atoms with E-state index in [0.717, 1.165) is 5.56 Å². The second kappa shape index (κ2) is 5.92. The number of hydrogen-bond donors (Lipinski definition) is 2. The molecule has 0 spiro atoms. The van der Waals surface area contributed by atoms with Gasteiger partial charge in [0.25, 0.3) is 0 Å². The van der Waals surface area contributed by atoms with Gasteiger partial charge in [-0.1, -0.05) is 12.1 Å². The minimum atomic E-state index is -3.63. The number of rotatable bonds is 5. The Balaban J connectivity index is 2.18. The van der Waals surface area contributed by atoms with Crippen LogP contribution in [0.1, 0.15) is 21.5 Å². The highest BCUT2D eigenvalue weighted by atomic mass is 32.2. The van der Waals surface area contributed by atoms with E-state index in [0.29, 0.717) is 11.3 Å². The van der Waals surface area contributed by atoms with Crippen molar-refractivity contribution in [3.63, 3.8) is 0 Å². The second-order valence-corrected chi connectivity index (χ2v) is 6.34. The van der Waals surface area contributed by atoms with Crippen molar-refractivity contribution in [1.29, 1.82) is 0 Å². The number of carbonyl (C=O) groups is 1. The first-order chi connectivity index (χ1) is 9.85. The Morgan fingerprint density at radius 2 is 2.05 bits per heavy atom. The van der Waals surface area contributed by atoms with Crippen LogP contribution in [0, 0.1) is 6.92 Å². The molecular formula is C14H14N2O4S. The molecular weight excluding hydrogens is 292 g/mol. The van der Waals surface area contributed by atoms with Crippen LogP contribution < -0.4 is 4.72 Å². The monoisotopic (exact) mass is 306 g/mol. The number of pyridine rings is 1. The zero-order chi connectivity index (χ0) is 15.5. The van der Waals surface area contributed by atoms with Crippen molar-refractivity contribution in [2.75, 3.05) is 4.72 Å². The summed E-state index contributed by atoms with van der Waals surface area (Å²) in [6.45, 7) is 1.81. The predicted molar refractivity (Wildman–Crippen MR) is 78.6 cm³/mol. The Labute approximate surface area is 122 Å². The van der Waals surface area contributed by atoms with Crippen molar-refractivity contribution in [3.8, 4) is 0 Å². The first kappa shape index (κ1) is 15.0. The van der Waals surface area contributed by atoms with Gasteiger partial charge in [0, 0.05) is 6.20 Å². The standard InChI is InChI=1S/C14H14N2O4S/c1-10-5-13(8-15-7-10)16-21(19,20)9-11-3-2-4-12(6-11)14(17)18/h2-8,16H,9H2,1H3,(H,17,18). The molecule has 0 aliphatic heterocycles. The van der Waals surface area contributed by atoms with Gasteiger partial charge in [0.1, 0.15) is 0 Å². The fraction of sp³-hybridized carbons (Fsp3) is 0.143. The molecule has 2 N–H and O–H groups in total. The molecule has 2 rings (SSSR count). The van der Waals surface area contributed by atoms with Gasteiger partial charge in [-0.3, -0.25) is 9.71 Å². The van der Waals surface area contributed by atoms with Gasteiger partial charge in [0.15, 0.2) is 0 Å². The summed E-state index contributed by atoms with van der Waals surface area (Å²) in [6, 6.07) is 7.51. The van der Waals surface area contributed by atoms with Crippen molar-refractivity contribution in [2.45, 2.75) is 12.7 Å². The minimum absolute atomic E-state index is 0.0555. The van der Waals surface area contributed by atoms with E-state index in [1.807, 2.05) is 0 Å². The van der Waals surface area contributed by atoms with E-state index in [2.05, 4.69) is 9.71 Å². The molecule has 1 aromatic heterocycles. The van der Waals surface area contributed by atoms with Crippen molar-refractivity contribution in [2.24, 2.45) is 0 Å². The van der Waals surface area contributed by atoms with Gasteiger partial charge in [0.2, 0.25) is 10.0 Å². The van der Waals surface area contributed by atoms with Crippen molar-refractivity contribution < 1.29 is 18.3 Å². The molecule has 7 heteroatoms. The zero-order valence-electron chi connectivity index (χ0n) is 11.3. The fourth-order valence-electron chi connectivity index (χ4n) is 1.84. The Kier molecular flexibility index (Phi) is 4.23. The van der Waals surface area contributed by atoms with Crippen LogP contribution in [0.15, 0.2) is 42.7 Å². The smallest absolute Gasteiger partial charge is 0.335 e. The Hall–Kier alpha value is -2.41. The van der Waals surface area contributed by atoms with E-state index in [-0.39, 0.29) is 11.3 Å². The molecule has 0 aliphatic rings. The third-order valence-electron chi connectivity index (χ3n) is 2.68. The van der Waals surface area contributed by atoms with E-state index in [4.69, 9.17) is 5.11 Å². The van der Waals surface area contributed by atoms with Gasteiger partial charge in [-0.2, -0.15) is 0 Å². The molecule has 0 saturated carbocycles. The molecule has 0 atom stereocenters. The maximum atomic E-state index is 12.1. The zero-order valence-corrected chi connectivity index (χ0v) is 12.1. The third-order valence-corrected chi connectivity index (χ3v) is 3.94. The molecule has 0 radical (unpaired) electrons. The average molecular weight is 306 g/mol. The third kappa shape index (κ3) is 4.28. The average Bonchev–Trinajstić information content (AvgIpc) is 2.37. The number of carboxylic acids is 1. The molecule has 0 saturated heterocycles. The lowest BCUT2D eigenvalue weighted by Gasteiger charge is -2.08. The molecule has 0 fully saturated rings. The lowest BCUT2D eigenvalue weighted by Crippen LogP contribution is -2.15. The van der Waals surface area contributed by atoms with Crippen LogP contribution in [-0.2, 0) is 15.8 Å². The van der Waals surface area contributed by atoms with Gasteiger partial charge in [-0.15, -0.1) is 0 Å². The van der Waals surface area contributed by atoms with Gasteiger partial charge in [0.05, 0.1) is 23.2 Å². The van der Waals surface area contributed by atoms with Crippen molar-refractivity contribution in [1.82, 2.24) is 4.98 Å². The summed E-state index contributed by atoms with van der Waals surface area (Å²) in [5.41, 5.74) is 1.68. The number of benzene rings is 1. The lowest BCUT2D eigenvalue weighted by atomic mass is 10.1. The van der Waals surface area contributed by atoms with Gasteiger partial charge >= 0.3 is 5.97 Å². The topological polar surface area (TPSA) is 96.4 Å². The molecule has 21 heavy (non-hydrogen) atoms. The number of nitrogens with one attached hydrogen (secondary N) is 1. The fourth-order valence-corrected chi connectivity index (χ4v) is 3.00. The van der Waals surface area contributed by atoms with E-state index in [1.165, 1.54) is 24.4 Å². The number of sulfonamides is 1. The molecule has 1 heterocycles. The van der Waals surface area contributed by atoms with Crippen LogP contribution in [0.5, 0.6) is 0 Å². The largest absolute Gasteiger partial charge is 0.478 e.